The van der Waals surface area contributed by atoms with Crippen molar-refractivity contribution in [3.8, 4) is 0 Å². The number of hydrogen-bond donors (Lipinski definition) is 1. The number of carbonyl (C=O) groups is 1. The highest BCUT2D eigenvalue weighted by Gasteiger charge is 2.28. The molecule has 0 aromatic carbocycles. The summed E-state index contributed by atoms with van der Waals surface area (Å²) in [7, 11) is 0. The lowest BCUT2D eigenvalue weighted by atomic mass is 10.0. The quantitative estimate of drug-likeness (QED) is 0.805. The SMILES string of the molecule is CC(=O)c1cccnc1N1CCC(C(C)O)C1. The van der Waals surface area contributed by atoms with Gasteiger partial charge in [0.1, 0.15) is 5.82 Å². The van der Waals surface area contributed by atoms with Crippen LogP contribution in [0.1, 0.15) is 30.6 Å². The zero-order valence-electron chi connectivity index (χ0n) is 10.3. The van der Waals surface area contributed by atoms with Crippen molar-refractivity contribution in [2.75, 3.05) is 18.0 Å². The first-order valence-electron chi connectivity index (χ1n) is 5.98. The maximum atomic E-state index is 11.5. The highest BCUT2D eigenvalue weighted by atomic mass is 16.3. The van der Waals surface area contributed by atoms with E-state index in [2.05, 4.69) is 9.88 Å². The molecule has 2 unspecified atom stereocenters. The monoisotopic (exact) mass is 234 g/mol. The number of pyridine rings is 1. The van der Waals surface area contributed by atoms with Crippen LogP contribution in [-0.4, -0.2) is 35.1 Å². The van der Waals surface area contributed by atoms with E-state index in [4.69, 9.17) is 0 Å². The van der Waals surface area contributed by atoms with Crippen LogP contribution in [0.25, 0.3) is 0 Å². The van der Waals surface area contributed by atoms with Gasteiger partial charge in [0.15, 0.2) is 5.78 Å². The van der Waals surface area contributed by atoms with Gasteiger partial charge in [0.25, 0.3) is 0 Å². The molecular weight excluding hydrogens is 216 g/mol. The molecule has 92 valence electrons. The maximum absolute atomic E-state index is 11.5. The number of aromatic nitrogens is 1. The summed E-state index contributed by atoms with van der Waals surface area (Å²) in [5.74, 6) is 1.06. The predicted molar refractivity (Wildman–Crippen MR) is 66.2 cm³/mol. The van der Waals surface area contributed by atoms with Crippen molar-refractivity contribution >= 4 is 11.6 Å². The molecule has 17 heavy (non-hydrogen) atoms. The van der Waals surface area contributed by atoms with E-state index in [1.165, 1.54) is 0 Å². The van der Waals surface area contributed by atoms with E-state index in [1.54, 1.807) is 25.3 Å². The molecule has 0 saturated carbocycles. The second-order valence-corrected chi connectivity index (χ2v) is 4.67. The van der Waals surface area contributed by atoms with E-state index in [0.29, 0.717) is 5.56 Å². The van der Waals surface area contributed by atoms with E-state index in [0.717, 1.165) is 25.3 Å². The first kappa shape index (κ1) is 12.0. The molecule has 4 heteroatoms. The summed E-state index contributed by atoms with van der Waals surface area (Å²) in [4.78, 5) is 17.9. The second-order valence-electron chi connectivity index (χ2n) is 4.67. The van der Waals surface area contributed by atoms with Gasteiger partial charge in [-0.2, -0.15) is 0 Å². The maximum Gasteiger partial charge on any atom is 0.163 e. The largest absolute Gasteiger partial charge is 0.393 e. The summed E-state index contributed by atoms with van der Waals surface area (Å²) in [6, 6.07) is 3.59. The van der Waals surface area contributed by atoms with Crippen molar-refractivity contribution < 1.29 is 9.90 Å². The summed E-state index contributed by atoms with van der Waals surface area (Å²) in [6.07, 6.45) is 2.35. The molecule has 1 saturated heterocycles. The summed E-state index contributed by atoms with van der Waals surface area (Å²) in [5, 5.41) is 9.58. The van der Waals surface area contributed by atoms with Crippen molar-refractivity contribution in [2.24, 2.45) is 5.92 Å². The van der Waals surface area contributed by atoms with Gasteiger partial charge >= 0.3 is 0 Å². The third-order valence-corrected chi connectivity index (χ3v) is 3.37. The number of rotatable bonds is 3. The number of aliphatic hydroxyl groups is 1. The predicted octanol–water partition coefficient (Wildman–Crippen LogP) is 1.49. The van der Waals surface area contributed by atoms with E-state index >= 15 is 0 Å². The number of nitrogens with zero attached hydrogens (tertiary/aromatic N) is 2. The van der Waals surface area contributed by atoms with Crippen LogP contribution in [0.4, 0.5) is 5.82 Å². The Morgan fingerprint density at radius 1 is 1.65 bits per heavy atom. The summed E-state index contributed by atoms with van der Waals surface area (Å²) < 4.78 is 0. The highest BCUT2D eigenvalue weighted by molar-refractivity contribution is 5.98. The van der Waals surface area contributed by atoms with Gasteiger partial charge in [-0.05, 0) is 32.4 Å². The third kappa shape index (κ3) is 2.47. The smallest absolute Gasteiger partial charge is 0.163 e. The number of anilines is 1. The molecule has 0 amide bonds. The standard InChI is InChI=1S/C13H18N2O2/c1-9(16)11-5-7-15(8-11)13-12(10(2)17)4-3-6-14-13/h3-4,6,9,11,16H,5,7-8H2,1-2H3. The Morgan fingerprint density at radius 3 is 3.00 bits per heavy atom. The Kier molecular flexibility index (Phi) is 3.43. The topological polar surface area (TPSA) is 53.4 Å². The Hall–Kier alpha value is -1.42. The molecule has 1 aromatic heterocycles. The molecule has 0 aliphatic carbocycles. The van der Waals surface area contributed by atoms with Crippen LogP contribution in [-0.2, 0) is 0 Å². The van der Waals surface area contributed by atoms with E-state index < -0.39 is 0 Å². The number of hydrogen-bond acceptors (Lipinski definition) is 4. The lowest BCUT2D eigenvalue weighted by Gasteiger charge is -2.20. The average molecular weight is 234 g/mol. The zero-order valence-corrected chi connectivity index (χ0v) is 10.3. The minimum absolute atomic E-state index is 0.0357. The second kappa shape index (κ2) is 4.84. The lowest BCUT2D eigenvalue weighted by molar-refractivity contribution is 0.101. The molecule has 1 N–H and O–H groups in total. The van der Waals surface area contributed by atoms with Gasteiger partial charge in [0, 0.05) is 25.2 Å². The van der Waals surface area contributed by atoms with Gasteiger partial charge in [-0.15, -0.1) is 0 Å². The number of aliphatic hydroxyl groups excluding tert-OH is 1. The summed E-state index contributed by atoms with van der Waals surface area (Å²) >= 11 is 0. The van der Waals surface area contributed by atoms with Crippen molar-refractivity contribution in [1.82, 2.24) is 4.98 Å². The van der Waals surface area contributed by atoms with E-state index in [1.807, 2.05) is 6.92 Å². The Labute approximate surface area is 101 Å². The van der Waals surface area contributed by atoms with Crippen LogP contribution in [0.2, 0.25) is 0 Å². The van der Waals surface area contributed by atoms with E-state index in [9.17, 15) is 9.90 Å². The Balaban J connectivity index is 2.21. The summed E-state index contributed by atoms with van der Waals surface area (Å²) in [5.41, 5.74) is 0.666. The van der Waals surface area contributed by atoms with Crippen molar-refractivity contribution in [1.29, 1.82) is 0 Å². The molecule has 2 rings (SSSR count). The molecule has 1 aliphatic rings. The van der Waals surface area contributed by atoms with Crippen LogP contribution in [0.15, 0.2) is 18.3 Å². The van der Waals surface area contributed by atoms with Crippen molar-refractivity contribution in [3.05, 3.63) is 23.9 Å². The Morgan fingerprint density at radius 2 is 2.41 bits per heavy atom. The molecule has 2 heterocycles. The average Bonchev–Trinajstić information content (AvgIpc) is 2.78. The highest BCUT2D eigenvalue weighted by Crippen LogP contribution is 2.26. The minimum Gasteiger partial charge on any atom is -0.393 e. The van der Waals surface area contributed by atoms with Gasteiger partial charge in [-0.1, -0.05) is 0 Å². The molecule has 1 aromatic rings. The van der Waals surface area contributed by atoms with Gasteiger partial charge in [-0.3, -0.25) is 4.79 Å². The third-order valence-electron chi connectivity index (χ3n) is 3.37. The van der Waals surface area contributed by atoms with Gasteiger partial charge < -0.3 is 10.0 Å². The van der Waals surface area contributed by atoms with Crippen LogP contribution < -0.4 is 4.90 Å². The molecule has 1 fully saturated rings. The van der Waals surface area contributed by atoms with E-state index in [-0.39, 0.29) is 17.8 Å². The van der Waals surface area contributed by atoms with Gasteiger partial charge in [0.2, 0.25) is 0 Å². The zero-order chi connectivity index (χ0) is 12.4. The fourth-order valence-electron chi connectivity index (χ4n) is 2.30. The minimum atomic E-state index is -0.301. The van der Waals surface area contributed by atoms with Crippen molar-refractivity contribution in [2.45, 2.75) is 26.4 Å². The van der Waals surface area contributed by atoms with Crippen LogP contribution in [0.5, 0.6) is 0 Å². The summed E-state index contributed by atoms with van der Waals surface area (Å²) in [6.45, 7) is 5.00. The van der Waals surface area contributed by atoms with Crippen molar-refractivity contribution in [3.63, 3.8) is 0 Å². The van der Waals surface area contributed by atoms with Crippen LogP contribution in [0.3, 0.4) is 0 Å². The molecule has 0 spiro atoms. The molecule has 0 radical (unpaired) electrons. The molecule has 0 bridgehead atoms. The first-order valence-corrected chi connectivity index (χ1v) is 5.98. The van der Waals surface area contributed by atoms with Crippen LogP contribution >= 0.6 is 0 Å². The fraction of sp³-hybridized carbons (Fsp3) is 0.538. The first-order chi connectivity index (χ1) is 8.09. The number of Topliss-reactive ketones (excluding diaryl/α,β-unsaturated/α-hetero) is 1. The number of carbonyl (C=O) groups excluding carboxylic acids is 1. The molecule has 2 atom stereocenters. The lowest BCUT2D eigenvalue weighted by Crippen LogP contribution is -2.26. The normalized spacial score (nSPS) is 21.6. The molecule has 1 aliphatic heterocycles. The van der Waals surface area contributed by atoms with Gasteiger partial charge in [-0.25, -0.2) is 4.98 Å². The van der Waals surface area contributed by atoms with Crippen LogP contribution in [0, 0.1) is 5.92 Å². The fourth-order valence-corrected chi connectivity index (χ4v) is 2.30. The molecule has 4 nitrogen and oxygen atoms in total. The Bertz CT molecular complexity index is 418. The molecular formula is C13H18N2O2. The number of ketones is 1. The van der Waals surface area contributed by atoms with Gasteiger partial charge in [0.05, 0.1) is 11.7 Å².